The Morgan fingerprint density at radius 1 is 0.326 bits per heavy atom. The molecule has 89 heavy (non-hydrogen) atoms. The molecule has 0 saturated carbocycles. The zero-order chi connectivity index (χ0) is 65.7. The second-order valence-corrected chi connectivity index (χ2v) is 28.9. The van der Waals surface area contributed by atoms with E-state index in [1.54, 1.807) is 0 Å². The van der Waals surface area contributed by atoms with Crippen molar-refractivity contribution in [2.75, 3.05) is 39.6 Å². The van der Waals surface area contributed by atoms with Crippen molar-refractivity contribution >= 4 is 39.5 Å². The Morgan fingerprint density at radius 2 is 0.573 bits per heavy atom. The van der Waals surface area contributed by atoms with Crippen LogP contribution in [0.25, 0.3) is 0 Å². The molecular formula is C70H136O17P2. The molecule has 528 valence electrons. The van der Waals surface area contributed by atoms with Crippen LogP contribution < -0.4 is 0 Å². The van der Waals surface area contributed by atoms with Gasteiger partial charge in [0.25, 0.3) is 0 Å². The zero-order valence-corrected chi connectivity index (χ0v) is 59.5. The van der Waals surface area contributed by atoms with Crippen molar-refractivity contribution in [3.05, 3.63) is 0 Å². The number of aliphatic hydroxyl groups is 1. The van der Waals surface area contributed by atoms with E-state index in [2.05, 4.69) is 41.5 Å². The molecule has 0 saturated heterocycles. The normalized spacial score (nSPS) is 14.4. The number of hydrogen-bond acceptors (Lipinski definition) is 15. The fourth-order valence-corrected chi connectivity index (χ4v) is 12.1. The highest BCUT2D eigenvalue weighted by Gasteiger charge is 2.30. The Balaban J connectivity index is 5.23. The Bertz CT molecular complexity index is 1740. The lowest BCUT2D eigenvalue weighted by Crippen LogP contribution is -2.30. The number of ether oxygens (including phenoxy) is 4. The van der Waals surface area contributed by atoms with Gasteiger partial charge in [0.15, 0.2) is 12.2 Å². The maximum atomic E-state index is 13.0. The molecule has 0 aliphatic heterocycles. The van der Waals surface area contributed by atoms with Gasteiger partial charge in [0.2, 0.25) is 0 Å². The number of phosphoric acid groups is 2. The molecule has 19 heteroatoms. The first-order valence-corrected chi connectivity index (χ1v) is 39.5. The SMILES string of the molecule is CCCCCCCCCCCCCCCCCCCC(=O)O[C@H](COC(=O)CCCCCCCCCCCCC(C)C)COP(=O)(O)OC[C@@H](O)COP(=O)(O)OC[C@@H](COC(=O)CCCCCCCCCCC)OC(=O)CCCCCCCCC(C)CC. The third-order valence-corrected chi connectivity index (χ3v) is 18.5. The highest BCUT2D eigenvalue weighted by molar-refractivity contribution is 7.47. The molecule has 0 aromatic carbocycles. The van der Waals surface area contributed by atoms with Gasteiger partial charge in [-0.15, -0.1) is 0 Å². The van der Waals surface area contributed by atoms with Crippen LogP contribution in [0.1, 0.15) is 356 Å². The molecule has 0 aliphatic rings. The van der Waals surface area contributed by atoms with E-state index in [4.69, 9.17) is 37.0 Å². The van der Waals surface area contributed by atoms with Crippen LogP contribution in [0.5, 0.6) is 0 Å². The minimum absolute atomic E-state index is 0.103. The molecule has 0 aromatic heterocycles. The van der Waals surface area contributed by atoms with Gasteiger partial charge in [-0.1, -0.05) is 305 Å². The van der Waals surface area contributed by atoms with Crippen molar-refractivity contribution in [1.29, 1.82) is 0 Å². The molecule has 6 atom stereocenters. The second kappa shape index (κ2) is 62.2. The van der Waals surface area contributed by atoms with Gasteiger partial charge in [0, 0.05) is 25.7 Å². The predicted octanol–water partition coefficient (Wildman–Crippen LogP) is 20.0. The molecular weight excluding hydrogens is 1170 g/mol. The monoisotopic (exact) mass is 1310 g/mol. The molecule has 0 radical (unpaired) electrons. The van der Waals surface area contributed by atoms with Gasteiger partial charge in [-0.05, 0) is 37.5 Å². The van der Waals surface area contributed by atoms with Crippen molar-refractivity contribution in [2.24, 2.45) is 11.8 Å². The van der Waals surface area contributed by atoms with E-state index < -0.39 is 97.5 Å². The maximum Gasteiger partial charge on any atom is 0.472 e. The molecule has 0 fully saturated rings. The number of carbonyl (C=O) groups excluding carboxylic acids is 4. The highest BCUT2D eigenvalue weighted by atomic mass is 31.2. The van der Waals surface area contributed by atoms with Crippen molar-refractivity contribution in [1.82, 2.24) is 0 Å². The Labute approximate surface area is 543 Å². The van der Waals surface area contributed by atoms with E-state index >= 15 is 0 Å². The molecule has 0 spiro atoms. The summed E-state index contributed by atoms with van der Waals surface area (Å²) in [5.74, 6) is -0.649. The zero-order valence-electron chi connectivity index (χ0n) is 57.7. The van der Waals surface area contributed by atoms with E-state index in [0.717, 1.165) is 102 Å². The van der Waals surface area contributed by atoms with Crippen LogP contribution in [0.2, 0.25) is 0 Å². The standard InChI is InChI=1S/C70H136O17P2/c1-7-10-12-14-16-18-19-20-21-22-23-24-25-31-35-42-48-54-69(74)86-65(58-81-68(73)53-47-41-34-30-27-26-29-32-38-44-50-62(4)5)60-84-88(76,77)82-56-64(71)57-83-89(78,79)85-61-66(59-80-67(72)52-46-40-33-28-17-15-13-11-8-2)87-70(75)55-49-43-37-36-39-45-51-63(6)9-3/h62-66,71H,7-61H2,1-6H3,(H,76,77)(H,78,79)/t63?,64-,65-,66-/m1/s1. The summed E-state index contributed by atoms with van der Waals surface area (Å²) in [5, 5.41) is 10.6. The van der Waals surface area contributed by atoms with E-state index in [1.165, 1.54) is 173 Å². The Hall–Kier alpha value is -1.94. The first kappa shape index (κ1) is 87.1. The number of phosphoric ester groups is 2. The summed E-state index contributed by atoms with van der Waals surface area (Å²) in [5.41, 5.74) is 0. The third-order valence-electron chi connectivity index (χ3n) is 16.6. The van der Waals surface area contributed by atoms with E-state index in [0.29, 0.717) is 25.7 Å². The topological polar surface area (TPSA) is 237 Å². The molecule has 0 bridgehead atoms. The van der Waals surface area contributed by atoms with Crippen LogP contribution in [0, 0.1) is 11.8 Å². The maximum absolute atomic E-state index is 13.0. The van der Waals surface area contributed by atoms with E-state index in [9.17, 15) is 43.2 Å². The van der Waals surface area contributed by atoms with Gasteiger partial charge in [-0.2, -0.15) is 0 Å². The number of aliphatic hydroxyl groups excluding tert-OH is 1. The Kier molecular flexibility index (Phi) is 60.8. The molecule has 0 aromatic rings. The molecule has 3 N–H and O–H groups in total. The van der Waals surface area contributed by atoms with Crippen LogP contribution >= 0.6 is 15.6 Å². The van der Waals surface area contributed by atoms with Gasteiger partial charge < -0.3 is 33.8 Å². The fraction of sp³-hybridized carbons (Fsp3) is 0.943. The summed E-state index contributed by atoms with van der Waals surface area (Å²) in [6.45, 7) is 9.48. The molecule has 0 amide bonds. The van der Waals surface area contributed by atoms with Gasteiger partial charge in [0.05, 0.1) is 26.4 Å². The quantitative estimate of drug-likeness (QED) is 0.0222. The fourth-order valence-electron chi connectivity index (χ4n) is 10.6. The molecule has 3 unspecified atom stereocenters. The molecule has 0 aliphatic carbocycles. The minimum atomic E-state index is -4.95. The highest BCUT2D eigenvalue weighted by Crippen LogP contribution is 2.45. The number of esters is 4. The van der Waals surface area contributed by atoms with Gasteiger partial charge >= 0.3 is 39.5 Å². The number of carbonyl (C=O) groups is 4. The second-order valence-electron chi connectivity index (χ2n) is 26.0. The van der Waals surface area contributed by atoms with Crippen LogP contribution in [0.15, 0.2) is 0 Å². The summed E-state index contributed by atoms with van der Waals surface area (Å²) in [7, 11) is -9.90. The van der Waals surface area contributed by atoms with Crippen LogP contribution in [-0.4, -0.2) is 96.7 Å². The van der Waals surface area contributed by atoms with Crippen LogP contribution in [0.4, 0.5) is 0 Å². The first-order chi connectivity index (χ1) is 42.9. The number of hydrogen-bond donors (Lipinski definition) is 3. The average Bonchev–Trinajstić information content (AvgIpc) is 3.58. The predicted molar refractivity (Wildman–Crippen MR) is 358 cm³/mol. The summed E-state index contributed by atoms with van der Waals surface area (Å²) < 4.78 is 68.2. The van der Waals surface area contributed by atoms with Crippen molar-refractivity contribution in [3.63, 3.8) is 0 Å². The van der Waals surface area contributed by atoms with Gasteiger partial charge in [-0.25, -0.2) is 9.13 Å². The molecule has 0 heterocycles. The van der Waals surface area contributed by atoms with Crippen molar-refractivity contribution < 1.29 is 80.2 Å². The number of rotatable bonds is 69. The minimum Gasteiger partial charge on any atom is -0.462 e. The lowest BCUT2D eigenvalue weighted by Gasteiger charge is -2.21. The van der Waals surface area contributed by atoms with Crippen LogP contribution in [0.3, 0.4) is 0 Å². The van der Waals surface area contributed by atoms with Crippen LogP contribution in [-0.2, 0) is 65.4 Å². The van der Waals surface area contributed by atoms with Gasteiger partial charge in [-0.3, -0.25) is 37.3 Å². The van der Waals surface area contributed by atoms with E-state index in [1.807, 2.05) is 0 Å². The number of unbranched alkanes of at least 4 members (excludes halogenated alkanes) is 38. The Morgan fingerprint density at radius 3 is 0.854 bits per heavy atom. The summed E-state index contributed by atoms with van der Waals surface area (Å²) in [4.78, 5) is 72.5. The smallest absolute Gasteiger partial charge is 0.462 e. The lowest BCUT2D eigenvalue weighted by molar-refractivity contribution is -0.161. The summed E-state index contributed by atoms with van der Waals surface area (Å²) >= 11 is 0. The summed E-state index contributed by atoms with van der Waals surface area (Å²) in [6.07, 6.45) is 47.2. The largest absolute Gasteiger partial charge is 0.472 e. The van der Waals surface area contributed by atoms with Crippen molar-refractivity contribution in [2.45, 2.75) is 374 Å². The third kappa shape index (κ3) is 63.2. The average molecular weight is 1310 g/mol. The van der Waals surface area contributed by atoms with Gasteiger partial charge in [0.1, 0.15) is 19.3 Å². The molecule has 0 rings (SSSR count). The summed E-state index contributed by atoms with van der Waals surface area (Å²) in [6, 6.07) is 0. The molecule has 17 nitrogen and oxygen atoms in total. The van der Waals surface area contributed by atoms with Crippen molar-refractivity contribution in [3.8, 4) is 0 Å². The first-order valence-electron chi connectivity index (χ1n) is 36.5. The lowest BCUT2D eigenvalue weighted by atomic mass is 10.00. The van der Waals surface area contributed by atoms with E-state index in [-0.39, 0.29) is 25.7 Å².